The van der Waals surface area contributed by atoms with Gasteiger partial charge in [-0.05, 0) is 30.3 Å². The third-order valence-corrected chi connectivity index (χ3v) is 4.22. The first-order valence-electron chi connectivity index (χ1n) is 8.29. The van der Waals surface area contributed by atoms with Gasteiger partial charge in [0.25, 0.3) is 5.91 Å². The summed E-state index contributed by atoms with van der Waals surface area (Å²) in [4.78, 5) is 37.4. The molecule has 0 spiro atoms. The summed E-state index contributed by atoms with van der Waals surface area (Å²) in [6, 6.07) is 11.3. The lowest BCUT2D eigenvalue weighted by Gasteiger charge is -2.17. The lowest BCUT2D eigenvalue weighted by Crippen LogP contribution is -2.37. The van der Waals surface area contributed by atoms with Crippen LogP contribution in [0.4, 0.5) is 5.69 Å². The second-order valence-electron chi connectivity index (χ2n) is 5.92. The maximum atomic E-state index is 12.1. The van der Waals surface area contributed by atoms with Gasteiger partial charge in [0.15, 0.2) is 18.1 Å². The lowest BCUT2D eigenvalue weighted by molar-refractivity contribution is -0.136. The molecule has 0 atom stereocenters. The van der Waals surface area contributed by atoms with E-state index >= 15 is 0 Å². The van der Waals surface area contributed by atoms with Crippen LogP contribution in [-0.2, 0) is 14.3 Å². The number of nitrogens with one attached hydrogen (secondary N) is 1. The summed E-state index contributed by atoms with van der Waals surface area (Å²) < 4.78 is 15.4. The predicted octanol–water partition coefficient (Wildman–Crippen LogP) is 2.32. The standard InChI is InChI=1S/C19H17ClN2O6/c1-22(9-17(23)21-14-5-3-2-4-13(14)20)18(24)10-26-19(25)12-6-7-15-16(8-12)28-11-27-15/h2-8H,9-11H2,1H3,(H,21,23). The Labute approximate surface area is 165 Å². The van der Waals surface area contributed by atoms with Crippen molar-refractivity contribution >= 4 is 35.1 Å². The Bertz CT molecular complexity index is 917. The number of nitrogens with zero attached hydrogens (tertiary/aromatic N) is 1. The highest BCUT2D eigenvalue weighted by Crippen LogP contribution is 2.32. The van der Waals surface area contributed by atoms with Crippen LogP contribution in [0.5, 0.6) is 11.5 Å². The van der Waals surface area contributed by atoms with Gasteiger partial charge in [-0.15, -0.1) is 0 Å². The molecule has 0 aliphatic carbocycles. The predicted molar refractivity (Wildman–Crippen MR) is 101 cm³/mol. The maximum Gasteiger partial charge on any atom is 0.338 e. The molecule has 1 aliphatic rings. The number of ether oxygens (including phenoxy) is 3. The molecular weight excluding hydrogens is 388 g/mol. The quantitative estimate of drug-likeness (QED) is 0.742. The number of esters is 1. The van der Waals surface area contributed by atoms with E-state index in [0.717, 1.165) is 4.90 Å². The molecule has 28 heavy (non-hydrogen) atoms. The van der Waals surface area contributed by atoms with Crippen molar-refractivity contribution in [3.05, 3.63) is 53.1 Å². The molecule has 0 aromatic heterocycles. The van der Waals surface area contributed by atoms with Gasteiger partial charge in [0.05, 0.1) is 22.8 Å². The molecule has 1 N–H and O–H groups in total. The summed E-state index contributed by atoms with van der Waals surface area (Å²) in [5, 5.41) is 3.00. The van der Waals surface area contributed by atoms with Gasteiger partial charge in [-0.1, -0.05) is 23.7 Å². The van der Waals surface area contributed by atoms with E-state index in [0.29, 0.717) is 22.2 Å². The molecular formula is C19H17ClN2O6. The molecule has 0 bridgehead atoms. The van der Waals surface area contributed by atoms with E-state index < -0.39 is 24.4 Å². The zero-order chi connectivity index (χ0) is 20.1. The summed E-state index contributed by atoms with van der Waals surface area (Å²) in [7, 11) is 1.43. The molecule has 8 nitrogen and oxygen atoms in total. The monoisotopic (exact) mass is 404 g/mol. The fourth-order valence-corrected chi connectivity index (χ4v) is 2.58. The van der Waals surface area contributed by atoms with Gasteiger partial charge in [0, 0.05) is 7.05 Å². The topological polar surface area (TPSA) is 94.2 Å². The van der Waals surface area contributed by atoms with E-state index in [-0.39, 0.29) is 18.9 Å². The van der Waals surface area contributed by atoms with E-state index in [2.05, 4.69) is 5.32 Å². The van der Waals surface area contributed by atoms with E-state index in [1.165, 1.54) is 19.2 Å². The van der Waals surface area contributed by atoms with Gasteiger partial charge < -0.3 is 24.4 Å². The van der Waals surface area contributed by atoms with Gasteiger partial charge >= 0.3 is 5.97 Å². The third-order valence-electron chi connectivity index (χ3n) is 3.89. The second-order valence-corrected chi connectivity index (χ2v) is 6.33. The van der Waals surface area contributed by atoms with Crippen LogP contribution in [0.3, 0.4) is 0 Å². The van der Waals surface area contributed by atoms with E-state index in [1.54, 1.807) is 30.3 Å². The number of likely N-dealkylation sites (N-methyl/N-ethyl adjacent to an activating group) is 1. The number of para-hydroxylation sites is 1. The Kier molecular flexibility index (Phi) is 6.00. The van der Waals surface area contributed by atoms with Crippen LogP contribution in [0, 0.1) is 0 Å². The molecule has 3 rings (SSSR count). The van der Waals surface area contributed by atoms with Crippen molar-refractivity contribution in [3.8, 4) is 11.5 Å². The van der Waals surface area contributed by atoms with Crippen molar-refractivity contribution in [2.45, 2.75) is 0 Å². The summed E-state index contributed by atoms with van der Waals surface area (Å²) in [5.41, 5.74) is 0.681. The first-order valence-corrected chi connectivity index (χ1v) is 8.67. The first-order chi connectivity index (χ1) is 13.4. The van der Waals surface area contributed by atoms with Crippen molar-refractivity contribution < 1.29 is 28.6 Å². The zero-order valence-corrected chi connectivity index (χ0v) is 15.7. The zero-order valence-electron chi connectivity index (χ0n) is 14.9. The molecule has 2 aromatic rings. The molecule has 0 fully saturated rings. The average molecular weight is 405 g/mol. The number of amides is 2. The maximum absolute atomic E-state index is 12.1. The normalized spacial score (nSPS) is 11.6. The minimum Gasteiger partial charge on any atom is -0.454 e. The van der Waals surface area contributed by atoms with Gasteiger partial charge in [0.2, 0.25) is 12.7 Å². The molecule has 2 aromatic carbocycles. The summed E-state index contributed by atoms with van der Waals surface area (Å²) in [6.45, 7) is -0.623. The molecule has 0 unspecified atom stereocenters. The number of benzene rings is 2. The van der Waals surface area contributed by atoms with Crippen molar-refractivity contribution in [1.29, 1.82) is 0 Å². The van der Waals surface area contributed by atoms with Gasteiger partial charge in [-0.25, -0.2) is 4.79 Å². The molecule has 1 aliphatic heterocycles. The molecule has 2 amide bonds. The fraction of sp³-hybridized carbons (Fsp3) is 0.211. The third kappa shape index (κ3) is 4.72. The lowest BCUT2D eigenvalue weighted by atomic mass is 10.2. The van der Waals surface area contributed by atoms with Crippen LogP contribution in [0.25, 0.3) is 0 Å². The molecule has 9 heteroatoms. The second kappa shape index (κ2) is 8.62. The van der Waals surface area contributed by atoms with Crippen LogP contribution < -0.4 is 14.8 Å². The van der Waals surface area contributed by atoms with Crippen LogP contribution in [0.1, 0.15) is 10.4 Å². The summed E-state index contributed by atoms with van der Waals surface area (Å²) in [5.74, 6) is -0.652. The van der Waals surface area contributed by atoms with Crippen molar-refractivity contribution in [2.75, 3.05) is 32.3 Å². The van der Waals surface area contributed by atoms with Crippen LogP contribution in [0.2, 0.25) is 5.02 Å². The van der Waals surface area contributed by atoms with Crippen LogP contribution in [0.15, 0.2) is 42.5 Å². The van der Waals surface area contributed by atoms with E-state index in [9.17, 15) is 14.4 Å². The van der Waals surface area contributed by atoms with Gasteiger partial charge in [0.1, 0.15) is 0 Å². The number of carbonyl (C=O) groups excluding carboxylic acids is 3. The molecule has 0 radical (unpaired) electrons. The molecule has 146 valence electrons. The number of hydrogen-bond acceptors (Lipinski definition) is 6. The smallest absolute Gasteiger partial charge is 0.338 e. The largest absolute Gasteiger partial charge is 0.454 e. The summed E-state index contributed by atoms with van der Waals surface area (Å²) >= 11 is 5.98. The van der Waals surface area contributed by atoms with E-state index in [4.69, 9.17) is 25.8 Å². The number of carbonyl (C=O) groups is 3. The summed E-state index contributed by atoms with van der Waals surface area (Å²) in [6.07, 6.45) is 0. The average Bonchev–Trinajstić information content (AvgIpc) is 3.15. The highest BCUT2D eigenvalue weighted by molar-refractivity contribution is 6.33. The number of fused-ring (bicyclic) bond motifs is 1. The highest BCUT2D eigenvalue weighted by atomic mass is 35.5. The molecule has 1 heterocycles. The van der Waals surface area contributed by atoms with Crippen LogP contribution >= 0.6 is 11.6 Å². The number of anilines is 1. The van der Waals surface area contributed by atoms with Gasteiger partial charge in [-0.2, -0.15) is 0 Å². The van der Waals surface area contributed by atoms with Crippen molar-refractivity contribution in [2.24, 2.45) is 0 Å². The minimum atomic E-state index is -0.680. The Morgan fingerprint density at radius 3 is 2.68 bits per heavy atom. The fourth-order valence-electron chi connectivity index (χ4n) is 2.40. The Hall–Kier alpha value is -3.26. The minimum absolute atomic E-state index is 0.0906. The number of halogens is 1. The van der Waals surface area contributed by atoms with Crippen molar-refractivity contribution in [3.63, 3.8) is 0 Å². The van der Waals surface area contributed by atoms with Crippen LogP contribution in [-0.4, -0.2) is 49.7 Å². The molecule has 0 saturated carbocycles. The van der Waals surface area contributed by atoms with Crippen molar-refractivity contribution in [1.82, 2.24) is 4.90 Å². The van der Waals surface area contributed by atoms with Gasteiger partial charge in [-0.3, -0.25) is 9.59 Å². The number of hydrogen-bond donors (Lipinski definition) is 1. The first kappa shape index (κ1) is 19.5. The Morgan fingerprint density at radius 2 is 1.89 bits per heavy atom. The Morgan fingerprint density at radius 1 is 1.14 bits per heavy atom. The number of rotatable bonds is 6. The SMILES string of the molecule is CN(CC(=O)Nc1ccccc1Cl)C(=O)COC(=O)c1ccc2c(c1)OCO2. The Balaban J connectivity index is 1.48. The molecule has 0 saturated heterocycles. The van der Waals surface area contributed by atoms with E-state index in [1.807, 2.05) is 0 Å². The highest BCUT2D eigenvalue weighted by Gasteiger charge is 2.19.